The number of hydrogen-bond donors (Lipinski definition) is 2. The second-order valence-corrected chi connectivity index (χ2v) is 5.59. The maximum atomic E-state index is 11.4. The predicted molar refractivity (Wildman–Crippen MR) is 62.4 cm³/mol. The van der Waals surface area contributed by atoms with Gasteiger partial charge in [0, 0.05) is 0 Å². The van der Waals surface area contributed by atoms with Crippen LogP contribution in [-0.2, 0) is 14.9 Å². The molecule has 5 nitrogen and oxygen atoms in total. The Kier molecular flexibility index (Phi) is 5.15. The van der Waals surface area contributed by atoms with Crippen molar-refractivity contribution in [3.8, 4) is 0 Å². The molecule has 0 aromatic rings. The molecular weight excluding hydrogens is 230 g/mol. The summed E-state index contributed by atoms with van der Waals surface area (Å²) < 4.78 is 32.0. The first-order chi connectivity index (χ1) is 7.22. The Bertz CT molecular complexity index is 359. The van der Waals surface area contributed by atoms with Crippen LogP contribution in [0.25, 0.3) is 0 Å². The van der Waals surface area contributed by atoms with Gasteiger partial charge < -0.3 is 5.32 Å². The highest BCUT2D eigenvalue weighted by Gasteiger charge is 2.44. The maximum absolute atomic E-state index is 11.4. The molecule has 0 aromatic carbocycles. The molecule has 0 saturated heterocycles. The molecule has 94 valence electrons. The Morgan fingerprint density at radius 1 is 1.50 bits per heavy atom. The second-order valence-electron chi connectivity index (χ2n) is 3.79. The molecule has 6 heteroatoms. The molecule has 0 bridgehead atoms. The van der Waals surface area contributed by atoms with Gasteiger partial charge >= 0.3 is 0 Å². The number of amides is 1. The minimum Gasteiger partial charge on any atom is -0.332 e. The van der Waals surface area contributed by atoms with Gasteiger partial charge in [-0.2, -0.15) is 8.42 Å². The molecule has 1 unspecified atom stereocenters. The normalized spacial score (nSPS) is 15.6. The van der Waals surface area contributed by atoms with E-state index in [2.05, 4.69) is 11.9 Å². The number of rotatable bonds is 6. The van der Waals surface area contributed by atoms with Crippen LogP contribution in [0.15, 0.2) is 12.7 Å². The first kappa shape index (κ1) is 15.1. The van der Waals surface area contributed by atoms with E-state index >= 15 is 0 Å². The minimum atomic E-state index is -4.37. The third kappa shape index (κ3) is 3.05. The van der Waals surface area contributed by atoms with E-state index in [1.54, 1.807) is 13.8 Å². The Balaban J connectivity index is 5.35. The van der Waals surface area contributed by atoms with Crippen molar-refractivity contribution in [2.75, 3.05) is 0 Å². The van der Waals surface area contributed by atoms with Gasteiger partial charge in [0.25, 0.3) is 10.1 Å². The average Bonchev–Trinajstić information content (AvgIpc) is 2.17. The van der Waals surface area contributed by atoms with Crippen LogP contribution in [0, 0.1) is 5.92 Å². The van der Waals surface area contributed by atoms with Gasteiger partial charge in [-0.05, 0) is 31.8 Å². The van der Waals surface area contributed by atoms with E-state index in [0.29, 0.717) is 12.8 Å². The van der Waals surface area contributed by atoms with E-state index in [4.69, 9.17) is 0 Å². The van der Waals surface area contributed by atoms with Crippen LogP contribution in [0.4, 0.5) is 0 Å². The summed E-state index contributed by atoms with van der Waals surface area (Å²) in [5.41, 5.74) is 0. The smallest absolute Gasteiger partial charge is 0.289 e. The van der Waals surface area contributed by atoms with E-state index in [9.17, 15) is 17.8 Å². The molecule has 2 N–H and O–H groups in total. The zero-order valence-electron chi connectivity index (χ0n) is 9.86. The molecule has 0 radical (unpaired) electrons. The van der Waals surface area contributed by atoms with Crippen molar-refractivity contribution in [1.29, 1.82) is 0 Å². The molecule has 0 aliphatic rings. The summed E-state index contributed by atoms with van der Waals surface area (Å²) in [6, 6.07) is 0. The molecule has 0 fully saturated rings. The van der Waals surface area contributed by atoms with Gasteiger partial charge in [0.05, 0.1) is 0 Å². The third-order valence-electron chi connectivity index (χ3n) is 2.86. The highest BCUT2D eigenvalue weighted by Crippen LogP contribution is 2.28. The van der Waals surface area contributed by atoms with Gasteiger partial charge in [-0.3, -0.25) is 9.35 Å². The molecule has 0 saturated carbocycles. The van der Waals surface area contributed by atoms with Crippen molar-refractivity contribution < 1.29 is 17.8 Å². The van der Waals surface area contributed by atoms with Gasteiger partial charge in [0.1, 0.15) is 0 Å². The molecule has 0 aliphatic heterocycles. The fourth-order valence-electron chi connectivity index (χ4n) is 1.74. The predicted octanol–water partition coefficient (Wildman–Crippen LogP) is 1.33. The van der Waals surface area contributed by atoms with Crippen molar-refractivity contribution >= 4 is 16.0 Å². The third-order valence-corrected chi connectivity index (χ3v) is 4.36. The van der Waals surface area contributed by atoms with Crippen molar-refractivity contribution in [2.45, 2.75) is 38.5 Å². The van der Waals surface area contributed by atoms with E-state index in [1.807, 2.05) is 0 Å². The summed E-state index contributed by atoms with van der Waals surface area (Å²) in [7, 11) is -4.37. The Hall–Kier alpha value is -0.880. The first-order valence-electron chi connectivity index (χ1n) is 5.14. The van der Waals surface area contributed by atoms with Crippen LogP contribution >= 0.6 is 0 Å². The Labute approximate surface area is 96.7 Å². The number of nitrogens with one attached hydrogen (secondary N) is 1. The van der Waals surface area contributed by atoms with Crippen LogP contribution in [0.2, 0.25) is 0 Å². The van der Waals surface area contributed by atoms with Crippen LogP contribution in [0.5, 0.6) is 0 Å². The van der Waals surface area contributed by atoms with Crippen LogP contribution in [0.3, 0.4) is 0 Å². The lowest BCUT2D eigenvalue weighted by Gasteiger charge is -2.34. The van der Waals surface area contributed by atoms with Gasteiger partial charge in [-0.25, -0.2) is 0 Å². The van der Waals surface area contributed by atoms with E-state index in [0.717, 1.165) is 6.08 Å². The summed E-state index contributed by atoms with van der Waals surface area (Å²) in [6.07, 6.45) is 2.04. The van der Waals surface area contributed by atoms with Crippen LogP contribution < -0.4 is 5.32 Å². The molecule has 0 aromatic heterocycles. The lowest BCUT2D eigenvalue weighted by Crippen LogP contribution is -2.56. The highest BCUT2D eigenvalue weighted by atomic mass is 32.2. The monoisotopic (exact) mass is 249 g/mol. The van der Waals surface area contributed by atoms with Gasteiger partial charge in [-0.1, -0.05) is 20.4 Å². The van der Waals surface area contributed by atoms with Gasteiger partial charge in [0.2, 0.25) is 5.91 Å². The van der Waals surface area contributed by atoms with E-state index in [1.165, 1.54) is 6.92 Å². The van der Waals surface area contributed by atoms with Crippen LogP contribution in [-0.4, -0.2) is 23.7 Å². The summed E-state index contributed by atoms with van der Waals surface area (Å²) >= 11 is 0. The molecular formula is C10H19NO4S. The Morgan fingerprint density at radius 2 is 1.94 bits per heavy atom. The van der Waals surface area contributed by atoms with Crippen molar-refractivity contribution in [2.24, 2.45) is 5.92 Å². The quantitative estimate of drug-likeness (QED) is 0.549. The minimum absolute atomic E-state index is 0.355. The van der Waals surface area contributed by atoms with Gasteiger partial charge in [-0.15, -0.1) is 0 Å². The molecule has 16 heavy (non-hydrogen) atoms. The number of carbonyl (C=O) groups is 1. The summed E-state index contributed by atoms with van der Waals surface area (Å²) in [5, 5.41) is 2.29. The lowest BCUT2D eigenvalue weighted by molar-refractivity contribution is -0.117. The molecule has 0 rings (SSSR count). The molecule has 0 spiro atoms. The van der Waals surface area contributed by atoms with E-state index < -0.39 is 20.9 Å². The highest BCUT2D eigenvalue weighted by molar-refractivity contribution is 7.87. The number of hydrogen-bond acceptors (Lipinski definition) is 3. The zero-order chi connectivity index (χ0) is 13.0. The fourth-order valence-corrected chi connectivity index (χ4v) is 2.72. The van der Waals surface area contributed by atoms with E-state index in [-0.39, 0.29) is 5.92 Å². The standard InChI is InChI=1S/C10H19NO4S/c1-5-8(6-2)10(4,16(13,14)15)11-9(12)7-3/h7-8H,3,5-6H2,1-2,4H3,(H,11,12)(H,13,14,15). The second kappa shape index (κ2) is 5.45. The molecule has 0 aliphatic carbocycles. The van der Waals surface area contributed by atoms with Crippen LogP contribution in [0.1, 0.15) is 33.6 Å². The first-order valence-corrected chi connectivity index (χ1v) is 6.58. The molecule has 0 heterocycles. The average molecular weight is 249 g/mol. The SMILES string of the molecule is C=CC(=O)NC(C)(C(CC)CC)S(=O)(=O)O. The zero-order valence-corrected chi connectivity index (χ0v) is 10.7. The number of carbonyl (C=O) groups excluding carboxylic acids is 1. The van der Waals surface area contributed by atoms with Crippen molar-refractivity contribution in [3.63, 3.8) is 0 Å². The molecule has 1 amide bonds. The van der Waals surface area contributed by atoms with Crippen molar-refractivity contribution in [1.82, 2.24) is 5.32 Å². The lowest BCUT2D eigenvalue weighted by atomic mass is 9.94. The Morgan fingerprint density at radius 3 is 2.19 bits per heavy atom. The maximum Gasteiger partial charge on any atom is 0.289 e. The topological polar surface area (TPSA) is 83.5 Å². The molecule has 1 atom stereocenters. The fraction of sp³-hybridized carbons (Fsp3) is 0.700. The van der Waals surface area contributed by atoms with Crippen molar-refractivity contribution in [3.05, 3.63) is 12.7 Å². The summed E-state index contributed by atoms with van der Waals surface area (Å²) in [6.45, 7) is 8.16. The largest absolute Gasteiger partial charge is 0.332 e. The summed E-state index contributed by atoms with van der Waals surface area (Å²) in [4.78, 5) is 9.54. The van der Waals surface area contributed by atoms with Gasteiger partial charge in [0.15, 0.2) is 4.87 Å². The summed E-state index contributed by atoms with van der Waals surface area (Å²) in [5.74, 6) is -0.974.